The third-order valence-electron chi connectivity index (χ3n) is 3.24. The van der Waals surface area contributed by atoms with Gasteiger partial charge in [-0.3, -0.25) is 9.48 Å². The summed E-state index contributed by atoms with van der Waals surface area (Å²) < 4.78 is 1.65. The fraction of sp³-hybridized carbons (Fsp3) is 0.133. The molecule has 0 aliphatic carbocycles. The minimum atomic E-state index is -0.302. The van der Waals surface area contributed by atoms with Crippen molar-refractivity contribution in [2.45, 2.75) is 6.92 Å². The molecular formula is C15H15N5O. The van der Waals surface area contributed by atoms with Crippen LogP contribution in [0.15, 0.2) is 36.5 Å². The van der Waals surface area contributed by atoms with Gasteiger partial charge in [-0.05, 0) is 19.1 Å². The van der Waals surface area contributed by atoms with E-state index in [-0.39, 0.29) is 11.6 Å². The number of hydrogen-bond acceptors (Lipinski definition) is 4. The normalized spacial score (nSPS) is 10.8. The molecule has 2 aromatic heterocycles. The van der Waals surface area contributed by atoms with Crippen molar-refractivity contribution in [3.8, 4) is 0 Å². The van der Waals surface area contributed by atoms with Gasteiger partial charge in [0.25, 0.3) is 5.91 Å². The maximum atomic E-state index is 12.3. The number of fused-ring (bicyclic) bond motifs is 1. The van der Waals surface area contributed by atoms with Crippen molar-refractivity contribution in [2.75, 3.05) is 11.1 Å². The molecule has 0 spiro atoms. The number of amides is 1. The highest BCUT2D eigenvalue weighted by atomic mass is 16.1. The molecule has 3 aromatic rings. The van der Waals surface area contributed by atoms with Crippen LogP contribution in [0.2, 0.25) is 0 Å². The average molecular weight is 281 g/mol. The monoisotopic (exact) mass is 281 g/mol. The van der Waals surface area contributed by atoms with E-state index < -0.39 is 0 Å². The summed E-state index contributed by atoms with van der Waals surface area (Å²) in [6.45, 7) is 1.83. The highest BCUT2D eigenvalue weighted by Gasteiger charge is 2.13. The van der Waals surface area contributed by atoms with Crippen molar-refractivity contribution >= 4 is 28.2 Å². The number of hydrogen-bond donors (Lipinski definition) is 2. The lowest BCUT2D eigenvalue weighted by molar-refractivity contribution is 0.102. The second-order valence-corrected chi connectivity index (χ2v) is 4.87. The Bertz CT molecular complexity index is 837. The van der Waals surface area contributed by atoms with Gasteiger partial charge in [-0.2, -0.15) is 5.10 Å². The van der Waals surface area contributed by atoms with E-state index in [9.17, 15) is 4.79 Å². The summed E-state index contributed by atoms with van der Waals surface area (Å²) in [5, 5.41) is 7.82. The van der Waals surface area contributed by atoms with Gasteiger partial charge < -0.3 is 11.1 Å². The van der Waals surface area contributed by atoms with Crippen LogP contribution >= 0.6 is 0 Å². The van der Waals surface area contributed by atoms with Crippen molar-refractivity contribution in [3.63, 3.8) is 0 Å². The largest absolute Gasteiger partial charge is 0.398 e. The smallest absolute Gasteiger partial charge is 0.274 e. The summed E-state index contributed by atoms with van der Waals surface area (Å²) in [5.74, 6) is -0.302. The third kappa shape index (κ3) is 2.43. The van der Waals surface area contributed by atoms with Gasteiger partial charge in [0.2, 0.25) is 0 Å². The van der Waals surface area contributed by atoms with E-state index >= 15 is 0 Å². The molecule has 0 aliphatic rings. The highest BCUT2D eigenvalue weighted by molar-refractivity contribution is 6.06. The standard InChI is InChI=1S/C15H15N5O/c1-9-14(8-20(2)19-9)18-15(21)13-7-11(16)10-5-3-4-6-12(10)17-13/h3-8H,1-2H3,(H2,16,17)(H,18,21). The molecular weight excluding hydrogens is 266 g/mol. The number of carbonyl (C=O) groups is 1. The van der Waals surface area contributed by atoms with Crippen LogP contribution in [0, 0.1) is 6.92 Å². The quantitative estimate of drug-likeness (QED) is 0.753. The van der Waals surface area contributed by atoms with Crippen molar-refractivity contribution in [3.05, 3.63) is 47.9 Å². The van der Waals surface area contributed by atoms with Crippen LogP contribution in [0.5, 0.6) is 0 Å². The molecule has 1 amide bonds. The van der Waals surface area contributed by atoms with Gasteiger partial charge in [0.1, 0.15) is 5.69 Å². The van der Waals surface area contributed by atoms with Crippen molar-refractivity contribution in [2.24, 2.45) is 7.05 Å². The third-order valence-corrected chi connectivity index (χ3v) is 3.24. The lowest BCUT2D eigenvalue weighted by Crippen LogP contribution is -2.14. The second-order valence-electron chi connectivity index (χ2n) is 4.87. The number of rotatable bonds is 2. The minimum Gasteiger partial charge on any atom is -0.398 e. The van der Waals surface area contributed by atoms with Crippen molar-refractivity contribution < 1.29 is 4.79 Å². The van der Waals surface area contributed by atoms with Crippen LogP contribution in [0.1, 0.15) is 16.2 Å². The summed E-state index contributed by atoms with van der Waals surface area (Å²) in [6, 6.07) is 9.05. The minimum absolute atomic E-state index is 0.287. The summed E-state index contributed by atoms with van der Waals surface area (Å²) in [6.07, 6.45) is 1.75. The molecule has 0 bridgehead atoms. The van der Waals surface area contributed by atoms with Crippen LogP contribution in [0.25, 0.3) is 10.9 Å². The van der Waals surface area contributed by atoms with Gasteiger partial charge >= 0.3 is 0 Å². The topological polar surface area (TPSA) is 85.8 Å². The number of nitrogens with two attached hydrogens (primary N) is 1. The van der Waals surface area contributed by atoms with Crippen LogP contribution in [-0.2, 0) is 7.05 Å². The van der Waals surface area contributed by atoms with E-state index in [2.05, 4.69) is 15.4 Å². The zero-order valence-corrected chi connectivity index (χ0v) is 11.8. The van der Waals surface area contributed by atoms with E-state index in [1.807, 2.05) is 31.2 Å². The number of aromatic nitrogens is 3. The van der Waals surface area contributed by atoms with Crippen LogP contribution in [0.3, 0.4) is 0 Å². The molecule has 21 heavy (non-hydrogen) atoms. The summed E-state index contributed by atoms with van der Waals surface area (Å²) in [4.78, 5) is 16.7. The van der Waals surface area contributed by atoms with Gasteiger partial charge in [0, 0.05) is 24.3 Å². The highest BCUT2D eigenvalue weighted by Crippen LogP contribution is 2.21. The van der Waals surface area contributed by atoms with Crippen LogP contribution in [0.4, 0.5) is 11.4 Å². The Morgan fingerprint density at radius 3 is 2.81 bits per heavy atom. The molecule has 0 radical (unpaired) electrons. The number of benzene rings is 1. The Kier molecular flexibility index (Phi) is 3.06. The first kappa shape index (κ1) is 13.1. The SMILES string of the molecule is Cc1nn(C)cc1NC(=O)c1cc(N)c2ccccc2n1. The number of nitrogens with one attached hydrogen (secondary N) is 1. The molecule has 0 saturated carbocycles. The fourth-order valence-electron chi connectivity index (χ4n) is 2.23. The van der Waals surface area contributed by atoms with E-state index in [1.54, 1.807) is 24.0 Å². The Hall–Kier alpha value is -2.89. The molecule has 3 N–H and O–H groups in total. The lowest BCUT2D eigenvalue weighted by atomic mass is 10.1. The predicted octanol–water partition coefficient (Wildman–Crippen LogP) is 2.11. The summed E-state index contributed by atoms with van der Waals surface area (Å²) >= 11 is 0. The first-order valence-electron chi connectivity index (χ1n) is 6.51. The number of carbonyl (C=O) groups excluding carboxylic acids is 1. The first-order chi connectivity index (χ1) is 10.0. The molecule has 3 rings (SSSR count). The average Bonchev–Trinajstić information content (AvgIpc) is 2.77. The van der Waals surface area contributed by atoms with Gasteiger partial charge in [-0.1, -0.05) is 18.2 Å². The zero-order chi connectivity index (χ0) is 15.0. The number of anilines is 2. The zero-order valence-electron chi connectivity index (χ0n) is 11.8. The summed E-state index contributed by atoms with van der Waals surface area (Å²) in [7, 11) is 1.80. The van der Waals surface area contributed by atoms with Crippen LogP contribution in [-0.4, -0.2) is 20.7 Å². The molecule has 1 aromatic carbocycles. The van der Waals surface area contributed by atoms with Gasteiger partial charge in [0.15, 0.2) is 0 Å². The molecule has 0 fully saturated rings. The molecule has 2 heterocycles. The van der Waals surface area contributed by atoms with E-state index in [0.29, 0.717) is 16.9 Å². The first-order valence-corrected chi connectivity index (χ1v) is 6.51. The Morgan fingerprint density at radius 2 is 2.10 bits per heavy atom. The molecule has 6 nitrogen and oxygen atoms in total. The number of nitrogen functional groups attached to an aromatic ring is 1. The number of aryl methyl sites for hydroxylation is 2. The molecule has 0 atom stereocenters. The van der Waals surface area contributed by atoms with E-state index in [4.69, 9.17) is 5.73 Å². The molecule has 106 valence electrons. The maximum Gasteiger partial charge on any atom is 0.274 e. The number of pyridine rings is 1. The molecule has 0 aliphatic heterocycles. The van der Waals surface area contributed by atoms with Crippen molar-refractivity contribution in [1.29, 1.82) is 0 Å². The van der Waals surface area contributed by atoms with E-state index in [1.165, 1.54) is 0 Å². The van der Waals surface area contributed by atoms with Crippen LogP contribution < -0.4 is 11.1 Å². The predicted molar refractivity (Wildman–Crippen MR) is 82.1 cm³/mol. The summed E-state index contributed by atoms with van der Waals surface area (Å²) in [5.41, 5.74) is 8.92. The molecule has 0 saturated heterocycles. The second kappa shape index (κ2) is 4.90. The Morgan fingerprint density at radius 1 is 1.33 bits per heavy atom. The van der Waals surface area contributed by atoms with Crippen molar-refractivity contribution in [1.82, 2.24) is 14.8 Å². The number of nitrogens with zero attached hydrogens (tertiary/aromatic N) is 3. The lowest BCUT2D eigenvalue weighted by Gasteiger charge is -2.06. The Balaban J connectivity index is 1.96. The van der Waals surface area contributed by atoms with Gasteiger partial charge in [-0.25, -0.2) is 4.98 Å². The van der Waals surface area contributed by atoms with E-state index in [0.717, 1.165) is 11.1 Å². The molecule has 6 heteroatoms. The maximum absolute atomic E-state index is 12.3. The Labute approximate surface area is 121 Å². The van der Waals surface area contributed by atoms with Gasteiger partial charge in [-0.15, -0.1) is 0 Å². The molecule has 0 unspecified atom stereocenters. The number of para-hydroxylation sites is 1. The fourth-order valence-corrected chi connectivity index (χ4v) is 2.23. The van der Waals surface area contributed by atoms with Gasteiger partial charge in [0.05, 0.1) is 16.9 Å².